The lowest BCUT2D eigenvalue weighted by molar-refractivity contribution is 0.0692. The number of hydrogen-bond acceptors (Lipinski definition) is 7. The molecule has 0 aliphatic carbocycles. The Morgan fingerprint density at radius 3 is 2.38 bits per heavy atom. The molecule has 0 radical (unpaired) electrons. The summed E-state index contributed by atoms with van der Waals surface area (Å²) >= 11 is 8.03. The van der Waals surface area contributed by atoms with Crippen LogP contribution in [0.2, 0.25) is 5.02 Å². The molecule has 1 amide bonds. The maximum atomic E-state index is 13.4. The molecule has 3 heterocycles. The van der Waals surface area contributed by atoms with Gasteiger partial charge in [0, 0.05) is 37.5 Å². The highest BCUT2D eigenvalue weighted by Crippen LogP contribution is 2.32. The number of aromatic nitrogens is 1. The summed E-state index contributed by atoms with van der Waals surface area (Å²) in [5, 5.41) is 14.5. The Hall–Kier alpha value is -2.81. The molecule has 0 atom stereocenters. The normalized spacial score (nSPS) is 15.9. The average Bonchev–Trinajstić information content (AvgIpc) is 3.25. The summed E-state index contributed by atoms with van der Waals surface area (Å²) in [6.45, 7) is 4.31. The zero-order chi connectivity index (χ0) is 22.8. The number of hydrogen-bond donors (Lipinski definition) is 0. The molecule has 10 heteroatoms. The Labute approximate surface area is 213 Å². The third-order valence-electron chi connectivity index (χ3n) is 5.74. The van der Waals surface area contributed by atoms with Crippen molar-refractivity contribution in [1.82, 2.24) is 15.0 Å². The first-order valence-corrected chi connectivity index (χ1v) is 12.1. The van der Waals surface area contributed by atoms with Crippen LogP contribution in [-0.4, -0.2) is 63.7 Å². The predicted octanol–water partition coefficient (Wildman–Crippen LogP) is 4.99. The monoisotopic (exact) mass is 515 g/mol. The molecule has 2 aromatic carbocycles. The van der Waals surface area contributed by atoms with E-state index in [2.05, 4.69) is 20.3 Å². The van der Waals surface area contributed by atoms with Gasteiger partial charge in [0.15, 0.2) is 5.17 Å². The summed E-state index contributed by atoms with van der Waals surface area (Å²) < 4.78 is 5.38. The van der Waals surface area contributed by atoms with E-state index in [4.69, 9.17) is 16.1 Å². The van der Waals surface area contributed by atoms with Gasteiger partial charge >= 0.3 is 0 Å². The van der Waals surface area contributed by atoms with E-state index in [1.54, 1.807) is 24.8 Å². The van der Waals surface area contributed by atoms with Crippen molar-refractivity contribution in [2.75, 3.05) is 31.9 Å². The van der Waals surface area contributed by atoms with Crippen LogP contribution in [-0.2, 0) is 0 Å². The van der Waals surface area contributed by atoms with Crippen molar-refractivity contribution in [1.29, 1.82) is 0 Å². The van der Waals surface area contributed by atoms with E-state index in [0.29, 0.717) is 53.8 Å². The van der Waals surface area contributed by atoms with Crippen LogP contribution >= 0.6 is 35.8 Å². The summed E-state index contributed by atoms with van der Waals surface area (Å²) in [7, 11) is 0. The molecule has 0 N–H and O–H groups in total. The summed E-state index contributed by atoms with van der Waals surface area (Å²) in [6, 6.07) is 17.4. The first kappa shape index (κ1) is 24.3. The van der Waals surface area contributed by atoms with Gasteiger partial charge in [-0.05, 0) is 18.6 Å². The maximum absolute atomic E-state index is 13.4. The van der Waals surface area contributed by atoms with Crippen molar-refractivity contribution in [2.24, 2.45) is 10.2 Å². The third-order valence-corrected chi connectivity index (χ3v) is 7.09. The third kappa shape index (κ3) is 4.85. The van der Waals surface area contributed by atoms with Crippen LogP contribution in [0.15, 0.2) is 69.3 Å². The van der Waals surface area contributed by atoms with E-state index in [1.807, 2.05) is 53.4 Å². The second-order valence-electron chi connectivity index (χ2n) is 7.81. The first-order chi connectivity index (χ1) is 16.1. The van der Waals surface area contributed by atoms with Gasteiger partial charge < -0.3 is 14.3 Å². The van der Waals surface area contributed by atoms with Gasteiger partial charge in [-0.3, -0.25) is 4.79 Å². The predicted molar refractivity (Wildman–Crippen MR) is 139 cm³/mol. The molecule has 0 bridgehead atoms. The zero-order valence-electron chi connectivity index (χ0n) is 18.5. The lowest BCUT2D eigenvalue weighted by Gasteiger charge is -2.36. The molecule has 2 aliphatic heterocycles. The number of amides is 1. The van der Waals surface area contributed by atoms with Gasteiger partial charge in [-0.1, -0.05) is 77.1 Å². The number of carbonyl (C=O) groups excluding carboxylic acids is 1. The number of piperazine rings is 1. The Morgan fingerprint density at radius 1 is 1.00 bits per heavy atom. The fraction of sp³-hybridized carbons (Fsp3) is 0.250. The molecule has 7 nitrogen and oxygen atoms in total. The zero-order valence-corrected chi connectivity index (χ0v) is 20.9. The van der Waals surface area contributed by atoms with E-state index in [9.17, 15) is 4.79 Å². The lowest BCUT2D eigenvalue weighted by atomic mass is 10.0. The maximum Gasteiger partial charge on any atom is 0.259 e. The van der Waals surface area contributed by atoms with Crippen LogP contribution in [0.3, 0.4) is 0 Å². The minimum absolute atomic E-state index is 0. The SMILES string of the molecule is Cc1onc(-c2ccccc2Cl)c1C(=O)N1CCN(C2=NN=C(c3ccccc3)CS2)CC1.Cl. The van der Waals surface area contributed by atoms with Crippen LogP contribution in [0.5, 0.6) is 0 Å². The van der Waals surface area contributed by atoms with Gasteiger partial charge in [0.1, 0.15) is 17.0 Å². The van der Waals surface area contributed by atoms with Crippen LogP contribution in [0, 0.1) is 6.92 Å². The van der Waals surface area contributed by atoms with Crippen molar-refractivity contribution in [3.8, 4) is 11.3 Å². The molecule has 176 valence electrons. The van der Waals surface area contributed by atoms with E-state index in [1.165, 1.54) is 0 Å². The number of thioether (sulfide) groups is 1. The highest BCUT2D eigenvalue weighted by molar-refractivity contribution is 8.14. The average molecular weight is 516 g/mol. The number of amidine groups is 1. The van der Waals surface area contributed by atoms with Crippen LogP contribution in [0.1, 0.15) is 21.7 Å². The van der Waals surface area contributed by atoms with Gasteiger partial charge in [0.25, 0.3) is 5.91 Å². The van der Waals surface area contributed by atoms with Gasteiger partial charge in [-0.25, -0.2) is 0 Å². The molecule has 34 heavy (non-hydrogen) atoms. The molecule has 0 unspecified atom stereocenters. The Bertz CT molecular complexity index is 1240. The number of nitrogens with zero attached hydrogens (tertiary/aromatic N) is 5. The van der Waals surface area contributed by atoms with Crippen LogP contribution in [0.4, 0.5) is 0 Å². The molecular formula is C24H23Cl2N5O2S. The summed E-state index contributed by atoms with van der Waals surface area (Å²) in [5.41, 5.74) is 3.73. The van der Waals surface area contributed by atoms with Crippen molar-refractivity contribution in [3.05, 3.63) is 76.5 Å². The Kier molecular flexibility index (Phi) is 7.60. The summed E-state index contributed by atoms with van der Waals surface area (Å²) in [5.74, 6) is 1.18. The van der Waals surface area contributed by atoms with Crippen LogP contribution < -0.4 is 0 Å². The quantitative estimate of drug-likeness (QED) is 0.491. The molecular weight excluding hydrogens is 493 g/mol. The van der Waals surface area contributed by atoms with E-state index in [-0.39, 0.29) is 18.3 Å². The number of benzene rings is 2. The fourth-order valence-corrected chi connectivity index (χ4v) is 5.12. The highest BCUT2D eigenvalue weighted by atomic mass is 35.5. The van der Waals surface area contributed by atoms with Gasteiger partial charge in [-0.2, -0.15) is 5.10 Å². The minimum Gasteiger partial charge on any atom is -0.360 e. The van der Waals surface area contributed by atoms with E-state index in [0.717, 1.165) is 22.2 Å². The standard InChI is InChI=1S/C24H22ClN5O2S.ClH/c1-16-21(22(28-32-16)18-9-5-6-10-19(18)25)23(31)29-11-13-30(14-12-29)24-27-26-20(15-33-24)17-7-3-2-4-8-17;/h2-10H,11-15H2,1H3;1H. The molecule has 3 aromatic rings. The van der Waals surface area contributed by atoms with Crippen molar-refractivity contribution < 1.29 is 9.32 Å². The van der Waals surface area contributed by atoms with Crippen molar-refractivity contribution in [3.63, 3.8) is 0 Å². The number of carbonyl (C=O) groups is 1. The Morgan fingerprint density at radius 2 is 1.71 bits per heavy atom. The topological polar surface area (TPSA) is 74.3 Å². The second-order valence-corrected chi connectivity index (χ2v) is 9.16. The van der Waals surface area contributed by atoms with Gasteiger partial charge in [-0.15, -0.1) is 17.5 Å². The molecule has 0 saturated carbocycles. The molecule has 2 aliphatic rings. The lowest BCUT2D eigenvalue weighted by Crippen LogP contribution is -2.50. The molecule has 1 saturated heterocycles. The minimum atomic E-state index is -0.0917. The summed E-state index contributed by atoms with van der Waals surface area (Å²) in [6.07, 6.45) is 0. The molecule has 1 aromatic heterocycles. The van der Waals surface area contributed by atoms with Gasteiger partial charge in [0.05, 0.1) is 10.7 Å². The first-order valence-electron chi connectivity index (χ1n) is 10.7. The molecule has 5 rings (SSSR count). The number of aryl methyl sites for hydroxylation is 1. The number of halogens is 2. The second kappa shape index (κ2) is 10.6. The van der Waals surface area contributed by atoms with Crippen molar-refractivity contribution in [2.45, 2.75) is 6.92 Å². The summed E-state index contributed by atoms with van der Waals surface area (Å²) in [4.78, 5) is 17.4. The van der Waals surface area contributed by atoms with Crippen molar-refractivity contribution >= 4 is 52.6 Å². The van der Waals surface area contributed by atoms with Crippen LogP contribution in [0.25, 0.3) is 11.3 Å². The fourth-order valence-electron chi connectivity index (χ4n) is 3.94. The molecule has 0 spiro atoms. The smallest absolute Gasteiger partial charge is 0.259 e. The highest BCUT2D eigenvalue weighted by Gasteiger charge is 2.30. The largest absolute Gasteiger partial charge is 0.360 e. The Balaban J connectivity index is 0.00000274. The number of rotatable bonds is 3. The van der Waals surface area contributed by atoms with E-state index < -0.39 is 0 Å². The van der Waals surface area contributed by atoms with Gasteiger partial charge in [0.2, 0.25) is 0 Å². The van der Waals surface area contributed by atoms with E-state index >= 15 is 0 Å². The molecule has 1 fully saturated rings.